The van der Waals surface area contributed by atoms with Crippen LogP contribution in [0.15, 0.2) is 30.9 Å². The maximum Gasteiger partial charge on any atom is 0.417 e. The quantitative estimate of drug-likeness (QED) is 0.405. The fourth-order valence-corrected chi connectivity index (χ4v) is 5.12. The SMILES string of the molecule is NC(=O)CN1CC[C@@H](CCn2cc(F)c3c(N(Cc4ccc(C(F)(F)F)cn4)C4CC4)ncnc32)[C@H](O)C1. The number of aliphatic hydroxyl groups is 1. The van der Waals surface area contributed by atoms with Gasteiger partial charge in [0.15, 0.2) is 5.82 Å². The number of likely N-dealkylation sites (tertiary alicyclic amines) is 1. The van der Waals surface area contributed by atoms with Gasteiger partial charge in [-0.25, -0.2) is 14.4 Å². The lowest BCUT2D eigenvalue weighted by Crippen LogP contribution is -2.47. The number of carbonyl (C=O) groups is 1. The van der Waals surface area contributed by atoms with Gasteiger partial charge in [0.1, 0.15) is 17.8 Å². The number of nitrogens with zero attached hydrogens (tertiary/aromatic N) is 6. The number of hydrogen-bond donors (Lipinski definition) is 2. The number of piperidine rings is 1. The van der Waals surface area contributed by atoms with Crippen molar-refractivity contribution in [2.45, 2.75) is 57.1 Å². The van der Waals surface area contributed by atoms with E-state index in [0.717, 1.165) is 25.1 Å². The molecule has 1 aliphatic carbocycles. The number of alkyl halides is 3. The zero-order chi connectivity index (χ0) is 27.0. The Bertz CT molecular complexity index is 1290. The third-order valence-electron chi connectivity index (χ3n) is 7.26. The van der Waals surface area contributed by atoms with Gasteiger partial charge in [0.25, 0.3) is 0 Å². The van der Waals surface area contributed by atoms with Crippen molar-refractivity contribution in [3.63, 3.8) is 0 Å². The van der Waals surface area contributed by atoms with Crippen molar-refractivity contribution < 1.29 is 27.5 Å². The fraction of sp³-hybridized carbons (Fsp3) is 0.520. The van der Waals surface area contributed by atoms with E-state index in [9.17, 15) is 23.1 Å². The first-order chi connectivity index (χ1) is 18.1. The molecule has 1 saturated carbocycles. The van der Waals surface area contributed by atoms with Gasteiger partial charge in [0, 0.05) is 31.5 Å². The number of nitrogens with two attached hydrogens (primary N) is 1. The molecule has 2 aliphatic rings. The van der Waals surface area contributed by atoms with Gasteiger partial charge in [0.05, 0.1) is 35.8 Å². The molecule has 1 amide bonds. The monoisotopic (exact) mass is 535 g/mol. The third kappa shape index (κ3) is 5.73. The predicted molar refractivity (Wildman–Crippen MR) is 130 cm³/mol. The molecule has 204 valence electrons. The Labute approximate surface area is 216 Å². The lowest BCUT2D eigenvalue weighted by molar-refractivity contribution is -0.137. The molecule has 3 aromatic heterocycles. The molecule has 4 heterocycles. The maximum absolute atomic E-state index is 15.3. The Kier molecular flexibility index (Phi) is 7.23. The van der Waals surface area contributed by atoms with Gasteiger partial charge in [-0.05, 0) is 50.3 Å². The lowest BCUT2D eigenvalue weighted by atomic mass is 9.91. The molecule has 0 radical (unpaired) electrons. The summed E-state index contributed by atoms with van der Waals surface area (Å²) in [6.45, 7) is 1.73. The highest BCUT2D eigenvalue weighted by molar-refractivity contribution is 5.88. The van der Waals surface area contributed by atoms with Gasteiger partial charge in [0.2, 0.25) is 5.91 Å². The van der Waals surface area contributed by atoms with E-state index in [4.69, 9.17) is 5.73 Å². The number of aromatic nitrogens is 4. The highest BCUT2D eigenvalue weighted by atomic mass is 19.4. The van der Waals surface area contributed by atoms with E-state index < -0.39 is 29.6 Å². The number of primary amides is 1. The van der Waals surface area contributed by atoms with E-state index in [-0.39, 0.29) is 30.4 Å². The second kappa shape index (κ2) is 10.4. The molecule has 2 fully saturated rings. The number of β-amino-alcohol motifs (C(OH)–C–C–N with tert-alkyl or cyclic N) is 1. The van der Waals surface area contributed by atoms with Crippen molar-refractivity contribution in [1.82, 2.24) is 24.4 Å². The summed E-state index contributed by atoms with van der Waals surface area (Å²) in [5.74, 6) is -0.557. The molecule has 9 nitrogen and oxygen atoms in total. The number of halogens is 4. The number of rotatable bonds is 9. The van der Waals surface area contributed by atoms with Gasteiger partial charge < -0.3 is 20.3 Å². The Hall–Kier alpha value is -3.32. The predicted octanol–water partition coefficient (Wildman–Crippen LogP) is 2.71. The van der Waals surface area contributed by atoms with Crippen molar-refractivity contribution in [2.24, 2.45) is 11.7 Å². The van der Waals surface area contributed by atoms with E-state index in [1.807, 2.05) is 9.80 Å². The van der Waals surface area contributed by atoms with Crippen LogP contribution in [-0.2, 0) is 24.1 Å². The highest BCUT2D eigenvalue weighted by Gasteiger charge is 2.34. The maximum atomic E-state index is 15.3. The second-order valence-electron chi connectivity index (χ2n) is 10.1. The molecular formula is C25H29F4N7O2. The lowest BCUT2D eigenvalue weighted by Gasteiger charge is -2.35. The van der Waals surface area contributed by atoms with E-state index in [2.05, 4.69) is 15.0 Å². The van der Waals surface area contributed by atoms with E-state index in [0.29, 0.717) is 49.6 Å². The number of pyridine rings is 1. The molecule has 0 aromatic carbocycles. The van der Waals surface area contributed by atoms with E-state index in [1.54, 1.807) is 4.57 Å². The van der Waals surface area contributed by atoms with Crippen LogP contribution in [0.5, 0.6) is 0 Å². The Balaban J connectivity index is 1.33. The minimum Gasteiger partial charge on any atom is -0.392 e. The zero-order valence-corrected chi connectivity index (χ0v) is 20.6. The number of amides is 1. The number of carbonyl (C=O) groups excluding carboxylic acids is 1. The number of aliphatic hydroxyl groups excluding tert-OH is 1. The number of fused-ring (bicyclic) bond motifs is 1. The Morgan fingerprint density at radius 3 is 2.61 bits per heavy atom. The van der Waals surface area contributed by atoms with Crippen LogP contribution in [0.25, 0.3) is 11.0 Å². The van der Waals surface area contributed by atoms with Crippen LogP contribution in [0.3, 0.4) is 0 Å². The largest absolute Gasteiger partial charge is 0.417 e. The summed E-state index contributed by atoms with van der Waals surface area (Å²) < 4.78 is 55.8. The molecule has 38 heavy (non-hydrogen) atoms. The van der Waals surface area contributed by atoms with Crippen LogP contribution in [-0.4, -0.2) is 67.2 Å². The molecule has 3 aromatic rings. The Morgan fingerprint density at radius 1 is 1.18 bits per heavy atom. The topological polar surface area (TPSA) is 113 Å². The molecule has 1 saturated heterocycles. The van der Waals surface area contributed by atoms with Crippen molar-refractivity contribution >= 4 is 22.8 Å². The van der Waals surface area contributed by atoms with Crippen LogP contribution in [0.4, 0.5) is 23.4 Å². The van der Waals surface area contributed by atoms with Gasteiger partial charge in [-0.3, -0.25) is 14.7 Å². The normalized spacial score (nSPS) is 20.7. The van der Waals surface area contributed by atoms with Crippen molar-refractivity contribution in [3.05, 3.63) is 47.9 Å². The third-order valence-corrected chi connectivity index (χ3v) is 7.26. The van der Waals surface area contributed by atoms with E-state index in [1.165, 1.54) is 18.6 Å². The van der Waals surface area contributed by atoms with Gasteiger partial charge in [-0.1, -0.05) is 0 Å². The van der Waals surface area contributed by atoms with Crippen LogP contribution in [0, 0.1) is 11.7 Å². The summed E-state index contributed by atoms with van der Waals surface area (Å²) in [7, 11) is 0. The van der Waals surface area contributed by atoms with Crippen LogP contribution in [0.2, 0.25) is 0 Å². The molecule has 5 rings (SSSR count). The number of anilines is 1. The smallest absolute Gasteiger partial charge is 0.392 e. The van der Waals surface area contributed by atoms with Crippen molar-refractivity contribution in [3.8, 4) is 0 Å². The molecule has 0 spiro atoms. The minimum atomic E-state index is -4.47. The summed E-state index contributed by atoms with van der Waals surface area (Å²) in [6.07, 6.45) is 1.45. The van der Waals surface area contributed by atoms with E-state index >= 15 is 4.39 Å². The van der Waals surface area contributed by atoms with Gasteiger partial charge in [-0.15, -0.1) is 0 Å². The second-order valence-corrected chi connectivity index (χ2v) is 10.1. The van der Waals surface area contributed by atoms with Crippen LogP contribution in [0.1, 0.15) is 36.9 Å². The summed E-state index contributed by atoms with van der Waals surface area (Å²) >= 11 is 0. The number of hydrogen-bond acceptors (Lipinski definition) is 7. The van der Waals surface area contributed by atoms with Gasteiger partial charge in [-0.2, -0.15) is 13.2 Å². The highest BCUT2D eigenvalue weighted by Crippen LogP contribution is 2.37. The van der Waals surface area contributed by atoms with Crippen LogP contribution < -0.4 is 10.6 Å². The number of aryl methyl sites for hydroxylation is 1. The fourth-order valence-electron chi connectivity index (χ4n) is 5.12. The van der Waals surface area contributed by atoms with Crippen molar-refractivity contribution in [1.29, 1.82) is 0 Å². The van der Waals surface area contributed by atoms with Crippen LogP contribution >= 0.6 is 0 Å². The molecule has 1 aliphatic heterocycles. The average Bonchev–Trinajstić information content (AvgIpc) is 3.65. The molecule has 0 bridgehead atoms. The first-order valence-corrected chi connectivity index (χ1v) is 12.6. The van der Waals surface area contributed by atoms with Crippen molar-refractivity contribution in [2.75, 3.05) is 24.5 Å². The molecular weight excluding hydrogens is 506 g/mol. The van der Waals surface area contributed by atoms with Gasteiger partial charge >= 0.3 is 6.18 Å². The summed E-state index contributed by atoms with van der Waals surface area (Å²) in [5.41, 5.74) is 5.27. The standard InChI is InChI=1S/C25H29F4N7O2/c26-19-11-35(8-6-15-5-7-34(12-20(15)37)13-21(30)38)23-22(19)24(33-14-32-23)36(18-3-4-18)10-17-2-1-16(9-31-17)25(27,28)29/h1-2,9,11,14-15,18,20,37H,3-8,10,12-13H2,(H2,30,38)/t15-,20+/m0/s1. The molecule has 3 N–H and O–H groups in total. The average molecular weight is 536 g/mol. The first-order valence-electron chi connectivity index (χ1n) is 12.6. The Morgan fingerprint density at radius 2 is 1.97 bits per heavy atom. The minimum absolute atomic E-state index is 0.0188. The summed E-state index contributed by atoms with van der Waals surface area (Å²) in [6, 6.07) is 2.41. The summed E-state index contributed by atoms with van der Waals surface area (Å²) in [4.78, 5) is 27.5. The molecule has 2 atom stereocenters. The molecule has 13 heteroatoms. The molecule has 0 unspecified atom stereocenters. The zero-order valence-electron chi connectivity index (χ0n) is 20.6. The first kappa shape index (κ1) is 26.3. The summed E-state index contributed by atoms with van der Waals surface area (Å²) in [5, 5.41) is 10.8.